The molecule has 0 radical (unpaired) electrons. The Morgan fingerprint density at radius 1 is 1.18 bits per heavy atom. The molecule has 2 aliphatic heterocycles. The number of amides is 2. The molecule has 2 saturated heterocycles. The van der Waals surface area contributed by atoms with Gasteiger partial charge in [-0.2, -0.15) is 11.8 Å². The van der Waals surface area contributed by atoms with E-state index in [1.54, 1.807) is 24.3 Å². The molecule has 0 spiro atoms. The predicted octanol–water partition coefficient (Wildman–Crippen LogP) is 2.99. The molecule has 192 valence electrons. The lowest BCUT2D eigenvalue weighted by Gasteiger charge is -2.17. The third-order valence-corrected chi connectivity index (χ3v) is 7.26. The number of esters is 1. The van der Waals surface area contributed by atoms with Crippen molar-refractivity contribution >= 4 is 47.8 Å². The minimum Gasteiger partial charge on any atom is -0.481 e. The Morgan fingerprint density at radius 3 is 2.47 bits per heavy atom. The van der Waals surface area contributed by atoms with Crippen LogP contribution in [-0.2, 0) is 9.53 Å². The van der Waals surface area contributed by atoms with Gasteiger partial charge in [0.25, 0.3) is 0 Å². The molecule has 0 aliphatic carbocycles. The number of carboxylic acids is 1. The predicted molar refractivity (Wildman–Crippen MR) is 138 cm³/mol. The second-order valence-electron chi connectivity index (χ2n) is 8.05. The molecule has 1 aromatic rings. The number of nitrogens with one attached hydrogen (secondary N) is 2. The van der Waals surface area contributed by atoms with Gasteiger partial charge in [-0.05, 0) is 50.2 Å². The van der Waals surface area contributed by atoms with Crippen LogP contribution in [-0.4, -0.2) is 77.3 Å². The molecule has 0 unspecified atom stereocenters. The van der Waals surface area contributed by atoms with Gasteiger partial charge < -0.3 is 31.1 Å². The van der Waals surface area contributed by atoms with Gasteiger partial charge in [0.05, 0.1) is 17.6 Å². The Kier molecular flexibility index (Phi) is 13.8. The van der Waals surface area contributed by atoms with Gasteiger partial charge >= 0.3 is 18.0 Å². The standard InChI is InChI=1S/C13H20N2O2.C10H16N2O3S.ClH/c1-3-15(4-2)9-10-17-13(16)11-5-7-12(14)8-6-11;13-8(14)4-2-1-3-7-9-6(5-16-7)11-10(15)12-9;/h5-8H,3-4,9-10,14H2,1-2H3;6-7,9H,1-5H2,(H,13,14)(H2,11,12,15);1H/t;6-,7-,9-;/m.0./s1. The summed E-state index contributed by atoms with van der Waals surface area (Å²) in [6, 6.07) is 7.18. The number of anilines is 1. The van der Waals surface area contributed by atoms with E-state index in [-0.39, 0.29) is 42.9 Å². The Bertz CT molecular complexity index is 779. The summed E-state index contributed by atoms with van der Waals surface area (Å²) in [5.74, 6) is -0.0579. The molecular formula is C23H37ClN4O5S. The first-order valence-electron chi connectivity index (χ1n) is 11.5. The topological polar surface area (TPSA) is 134 Å². The minimum atomic E-state index is -0.729. The van der Waals surface area contributed by atoms with E-state index in [4.69, 9.17) is 15.6 Å². The highest BCUT2D eigenvalue weighted by molar-refractivity contribution is 8.00. The number of thioether (sulfide) groups is 1. The van der Waals surface area contributed by atoms with Crippen molar-refractivity contribution in [1.82, 2.24) is 15.5 Å². The maximum Gasteiger partial charge on any atom is 0.338 e. The number of fused-ring (bicyclic) bond motifs is 1. The van der Waals surface area contributed by atoms with Crippen LogP contribution in [0.1, 0.15) is 49.9 Å². The van der Waals surface area contributed by atoms with Crippen LogP contribution in [0.15, 0.2) is 24.3 Å². The number of hydrogen-bond acceptors (Lipinski definition) is 7. The number of benzene rings is 1. The largest absolute Gasteiger partial charge is 0.481 e. The van der Waals surface area contributed by atoms with Crippen molar-refractivity contribution in [2.24, 2.45) is 0 Å². The molecule has 2 aliphatic rings. The van der Waals surface area contributed by atoms with Crippen molar-refractivity contribution in [3.05, 3.63) is 29.8 Å². The van der Waals surface area contributed by atoms with E-state index < -0.39 is 5.97 Å². The molecule has 2 amide bonds. The number of aliphatic carboxylic acids is 1. The molecular weight excluding hydrogens is 480 g/mol. The normalized spacial score (nSPS) is 20.3. The molecule has 3 rings (SSSR count). The van der Waals surface area contributed by atoms with Gasteiger partial charge in [0.15, 0.2) is 0 Å². The number of halogens is 1. The van der Waals surface area contributed by atoms with Crippen LogP contribution in [0.25, 0.3) is 0 Å². The highest BCUT2D eigenvalue weighted by Crippen LogP contribution is 2.33. The smallest absolute Gasteiger partial charge is 0.338 e. The number of nitrogens with zero attached hydrogens (tertiary/aromatic N) is 1. The summed E-state index contributed by atoms with van der Waals surface area (Å²) in [4.78, 5) is 35.3. The lowest BCUT2D eigenvalue weighted by atomic mass is 10.0. The van der Waals surface area contributed by atoms with E-state index in [0.717, 1.165) is 44.6 Å². The number of nitrogens with two attached hydrogens (primary N) is 1. The van der Waals surface area contributed by atoms with Crippen LogP contribution in [0, 0.1) is 0 Å². The van der Waals surface area contributed by atoms with Gasteiger partial charge in [0.2, 0.25) is 0 Å². The zero-order chi connectivity index (χ0) is 24.2. The van der Waals surface area contributed by atoms with Gasteiger partial charge in [0, 0.05) is 29.7 Å². The molecule has 2 fully saturated rings. The van der Waals surface area contributed by atoms with Gasteiger partial charge in [-0.15, -0.1) is 12.4 Å². The summed E-state index contributed by atoms with van der Waals surface area (Å²) in [6.07, 6.45) is 2.88. The molecule has 0 aromatic heterocycles. The summed E-state index contributed by atoms with van der Waals surface area (Å²) in [7, 11) is 0. The summed E-state index contributed by atoms with van der Waals surface area (Å²) < 4.78 is 5.18. The number of carbonyl (C=O) groups is 3. The van der Waals surface area contributed by atoms with Crippen molar-refractivity contribution in [1.29, 1.82) is 0 Å². The second kappa shape index (κ2) is 15.7. The summed E-state index contributed by atoms with van der Waals surface area (Å²) >= 11 is 1.87. The van der Waals surface area contributed by atoms with E-state index >= 15 is 0 Å². The van der Waals surface area contributed by atoms with Crippen LogP contribution in [0.2, 0.25) is 0 Å². The first-order valence-corrected chi connectivity index (χ1v) is 12.5. The highest BCUT2D eigenvalue weighted by Gasteiger charge is 2.42. The molecule has 2 heterocycles. The number of hydrogen-bond donors (Lipinski definition) is 4. The van der Waals surface area contributed by atoms with Gasteiger partial charge in [-0.1, -0.05) is 20.3 Å². The Labute approximate surface area is 211 Å². The van der Waals surface area contributed by atoms with E-state index in [0.29, 0.717) is 23.1 Å². The van der Waals surface area contributed by atoms with Gasteiger partial charge in [0.1, 0.15) is 6.61 Å². The number of urea groups is 1. The van der Waals surface area contributed by atoms with Crippen molar-refractivity contribution < 1.29 is 24.2 Å². The first-order chi connectivity index (χ1) is 15.8. The van der Waals surface area contributed by atoms with E-state index in [9.17, 15) is 14.4 Å². The maximum absolute atomic E-state index is 11.6. The Morgan fingerprint density at radius 2 is 1.85 bits per heavy atom. The fraction of sp³-hybridized carbons (Fsp3) is 0.609. The number of nitrogen functional groups attached to an aromatic ring is 1. The lowest BCUT2D eigenvalue weighted by molar-refractivity contribution is -0.137. The van der Waals surface area contributed by atoms with Crippen LogP contribution < -0.4 is 16.4 Å². The minimum absolute atomic E-state index is 0. The molecule has 11 heteroatoms. The lowest BCUT2D eigenvalue weighted by Crippen LogP contribution is -2.36. The van der Waals surface area contributed by atoms with Gasteiger partial charge in [-0.25, -0.2) is 9.59 Å². The molecule has 3 atom stereocenters. The number of carbonyl (C=O) groups excluding carboxylic acids is 2. The maximum atomic E-state index is 11.6. The second-order valence-corrected chi connectivity index (χ2v) is 9.32. The Hall–Kier alpha value is -2.17. The molecule has 9 nitrogen and oxygen atoms in total. The zero-order valence-corrected chi connectivity index (χ0v) is 21.5. The fourth-order valence-corrected chi connectivity index (χ4v) is 5.32. The molecule has 0 saturated carbocycles. The van der Waals surface area contributed by atoms with E-state index in [1.807, 2.05) is 11.8 Å². The average molecular weight is 517 g/mol. The molecule has 1 aromatic carbocycles. The van der Waals surface area contributed by atoms with E-state index in [1.165, 1.54) is 0 Å². The quantitative estimate of drug-likeness (QED) is 0.153. The van der Waals surface area contributed by atoms with Crippen LogP contribution in [0.5, 0.6) is 0 Å². The fourth-order valence-electron chi connectivity index (χ4n) is 3.77. The number of unbranched alkanes of at least 4 members (excludes halogenated alkanes) is 1. The van der Waals surface area contributed by atoms with Crippen LogP contribution in [0.4, 0.5) is 10.5 Å². The van der Waals surface area contributed by atoms with Gasteiger partial charge in [-0.3, -0.25) is 4.79 Å². The SMILES string of the molecule is CCN(CC)CCOC(=O)c1ccc(N)cc1.Cl.O=C(O)CCCC[C@@H]1SC[C@@H]2NC(=O)N[C@@H]21. The number of ether oxygens (including phenoxy) is 1. The molecule has 34 heavy (non-hydrogen) atoms. The summed E-state index contributed by atoms with van der Waals surface area (Å²) in [6.45, 7) is 7.31. The third kappa shape index (κ3) is 9.99. The first kappa shape index (κ1) is 29.9. The third-order valence-electron chi connectivity index (χ3n) is 5.75. The Balaban J connectivity index is 0.000000331. The zero-order valence-electron chi connectivity index (χ0n) is 19.8. The van der Waals surface area contributed by atoms with Crippen LogP contribution in [0.3, 0.4) is 0 Å². The van der Waals surface area contributed by atoms with E-state index in [2.05, 4.69) is 29.4 Å². The van der Waals surface area contributed by atoms with Crippen molar-refractivity contribution in [3.63, 3.8) is 0 Å². The molecule has 5 N–H and O–H groups in total. The molecule has 0 bridgehead atoms. The summed E-state index contributed by atoms with van der Waals surface area (Å²) in [5.41, 5.74) is 6.73. The monoisotopic (exact) mass is 516 g/mol. The highest BCUT2D eigenvalue weighted by atomic mass is 35.5. The van der Waals surface area contributed by atoms with Crippen molar-refractivity contribution in [2.75, 3.05) is 37.7 Å². The number of likely N-dealkylation sites (N-methyl/N-ethyl adjacent to an activating group) is 1. The average Bonchev–Trinajstić information content (AvgIpc) is 3.34. The summed E-state index contributed by atoms with van der Waals surface area (Å²) in [5, 5.41) is 14.8. The number of carboxylic acid groups (broad SMARTS) is 1. The van der Waals surface area contributed by atoms with Crippen LogP contribution >= 0.6 is 24.2 Å². The number of rotatable bonds is 11. The van der Waals surface area contributed by atoms with Crippen molar-refractivity contribution in [3.8, 4) is 0 Å². The van der Waals surface area contributed by atoms with Crippen molar-refractivity contribution in [2.45, 2.75) is 56.9 Å².